The third kappa shape index (κ3) is 4.94. The molecule has 0 saturated heterocycles. The molecule has 214 valence electrons. The fraction of sp³-hybridized carbons (Fsp3) is 0.704. The molecule has 4 aliphatic carbocycles. The summed E-state index contributed by atoms with van der Waals surface area (Å²) in [5, 5.41) is 20.9. The molecule has 0 heterocycles. The third-order valence-electron chi connectivity index (χ3n) is 9.45. The summed E-state index contributed by atoms with van der Waals surface area (Å²) in [5.74, 6) is -1.88. The Bertz CT molecular complexity index is 1120. The first kappa shape index (κ1) is 28.7. The van der Waals surface area contributed by atoms with Crippen LogP contribution in [0, 0.1) is 38.7 Å². The summed E-state index contributed by atoms with van der Waals surface area (Å²) < 4.78 is 15.9. The monoisotopic (exact) mass is 549 g/mol. The van der Waals surface area contributed by atoms with Gasteiger partial charge in [-0.15, -0.1) is 10.1 Å². The van der Waals surface area contributed by atoms with Gasteiger partial charge in [0.05, 0.1) is 19.1 Å². The van der Waals surface area contributed by atoms with Crippen molar-refractivity contribution in [2.24, 2.45) is 28.6 Å². The summed E-state index contributed by atoms with van der Waals surface area (Å²) in [6, 6.07) is 0. The molecule has 1 N–H and O–H groups in total. The highest BCUT2D eigenvalue weighted by Crippen LogP contribution is 2.68. The number of allylic oxidation sites excluding steroid dienone is 4. The molecular weight excluding hydrogens is 514 g/mol. The number of carbonyl (C=O) groups excluding carboxylic acids is 4. The summed E-state index contributed by atoms with van der Waals surface area (Å²) in [6.07, 6.45) is 5.01. The summed E-state index contributed by atoms with van der Waals surface area (Å²) in [6.45, 7) is 4.28. The molecule has 4 aliphatic rings. The highest BCUT2D eigenvalue weighted by atomic mass is 16.9. The Morgan fingerprint density at radius 3 is 2.64 bits per heavy atom. The maximum atomic E-state index is 13.8. The quantitative estimate of drug-likeness (QED) is 0.255. The zero-order valence-electron chi connectivity index (χ0n) is 22.4. The first-order chi connectivity index (χ1) is 18.4. The number of carbonyl (C=O) groups is 4. The zero-order valence-corrected chi connectivity index (χ0v) is 22.4. The van der Waals surface area contributed by atoms with Crippen molar-refractivity contribution in [2.45, 2.75) is 71.0 Å². The van der Waals surface area contributed by atoms with Gasteiger partial charge in [-0.1, -0.05) is 25.5 Å². The number of hydrogen-bond donors (Lipinski definition) is 1. The van der Waals surface area contributed by atoms with Crippen LogP contribution in [0.1, 0.15) is 59.3 Å². The summed E-state index contributed by atoms with van der Waals surface area (Å²) in [7, 11) is 0. The average Bonchev–Trinajstić information content (AvgIpc) is 3.14. The Morgan fingerprint density at radius 2 is 1.95 bits per heavy atom. The summed E-state index contributed by atoms with van der Waals surface area (Å²) in [5.41, 5.74) is -2.20. The SMILES string of the molecule is CCOC(=O)O[C@]1(C(=O)COC(=O)CCO[N+](=O)[O-])CCC2C3CCC4=CC(=O)C=C[C@]4(C)C3C(O)C[C@@]21C. The van der Waals surface area contributed by atoms with Gasteiger partial charge in [0.1, 0.15) is 6.61 Å². The lowest BCUT2D eigenvalue weighted by Crippen LogP contribution is -2.63. The average molecular weight is 550 g/mol. The van der Waals surface area contributed by atoms with E-state index < -0.39 is 65.2 Å². The molecule has 7 atom stereocenters. The molecule has 0 aliphatic heterocycles. The fourth-order valence-corrected chi connectivity index (χ4v) is 7.82. The standard InChI is InChI=1S/C27H35NO11/c1-4-36-24(33)39-27(21(31)15-37-22(32)9-12-38-28(34)35)11-8-19-18-6-5-16-13-17(29)7-10-25(16,2)23(18)20(30)14-26(19,27)3/h7,10,13,18-20,23,30H,4-6,8-9,11-12,14-15H2,1-3H3/t18?,19?,20?,23?,25-,26-,27-/m0/s1. The molecule has 3 fully saturated rings. The third-order valence-corrected chi connectivity index (χ3v) is 9.45. The van der Waals surface area contributed by atoms with Gasteiger partial charge in [0.2, 0.25) is 5.78 Å². The van der Waals surface area contributed by atoms with Crippen LogP contribution in [-0.2, 0) is 33.4 Å². The predicted octanol–water partition coefficient (Wildman–Crippen LogP) is 2.89. The van der Waals surface area contributed by atoms with Gasteiger partial charge < -0.3 is 24.2 Å². The maximum Gasteiger partial charge on any atom is 0.509 e. The number of aliphatic hydroxyl groups is 1. The number of aliphatic hydroxyl groups excluding tert-OH is 1. The van der Waals surface area contributed by atoms with E-state index in [-0.39, 0.29) is 43.0 Å². The number of ether oxygens (including phenoxy) is 3. The van der Waals surface area contributed by atoms with Crippen molar-refractivity contribution < 1.29 is 48.4 Å². The van der Waals surface area contributed by atoms with E-state index in [0.717, 1.165) is 5.57 Å². The normalized spacial score (nSPS) is 36.5. The van der Waals surface area contributed by atoms with Gasteiger partial charge in [-0.25, -0.2) is 4.79 Å². The Morgan fingerprint density at radius 1 is 1.21 bits per heavy atom. The van der Waals surface area contributed by atoms with E-state index in [1.807, 2.05) is 19.9 Å². The lowest BCUT2D eigenvalue weighted by Gasteiger charge is -2.59. The van der Waals surface area contributed by atoms with Crippen molar-refractivity contribution in [1.82, 2.24) is 0 Å². The number of Topliss-reactive ketones (excluding diaryl/α,β-unsaturated/α-hetero) is 1. The van der Waals surface area contributed by atoms with Crippen molar-refractivity contribution in [3.05, 3.63) is 33.9 Å². The van der Waals surface area contributed by atoms with Crippen LogP contribution in [-0.4, -0.2) is 65.4 Å². The molecule has 0 amide bonds. The maximum absolute atomic E-state index is 13.8. The van der Waals surface area contributed by atoms with Crippen LogP contribution >= 0.6 is 0 Å². The molecule has 0 aromatic heterocycles. The Labute approximate surface area is 225 Å². The van der Waals surface area contributed by atoms with Crippen LogP contribution in [0.2, 0.25) is 0 Å². The zero-order chi connectivity index (χ0) is 28.6. The molecule has 0 bridgehead atoms. The van der Waals surface area contributed by atoms with E-state index in [4.69, 9.17) is 14.2 Å². The van der Waals surface area contributed by atoms with Gasteiger partial charge in [0.15, 0.2) is 18.0 Å². The Kier molecular flexibility index (Phi) is 7.89. The number of nitrogens with zero attached hydrogens (tertiary/aromatic N) is 1. The molecule has 39 heavy (non-hydrogen) atoms. The van der Waals surface area contributed by atoms with E-state index in [9.17, 15) is 34.4 Å². The van der Waals surface area contributed by atoms with Crippen LogP contribution in [0.15, 0.2) is 23.8 Å². The fourth-order valence-electron chi connectivity index (χ4n) is 7.82. The topological polar surface area (TPSA) is 169 Å². The molecular formula is C27H35NO11. The predicted molar refractivity (Wildman–Crippen MR) is 132 cm³/mol. The Hall–Kier alpha value is -3.28. The molecule has 0 aromatic carbocycles. The summed E-state index contributed by atoms with van der Waals surface area (Å²) in [4.78, 5) is 64.9. The molecule has 0 spiro atoms. The van der Waals surface area contributed by atoms with Crippen molar-refractivity contribution in [2.75, 3.05) is 19.8 Å². The van der Waals surface area contributed by atoms with Gasteiger partial charge in [0, 0.05) is 16.7 Å². The molecule has 4 unspecified atom stereocenters. The van der Waals surface area contributed by atoms with E-state index in [1.165, 1.54) is 0 Å². The number of hydrogen-bond acceptors (Lipinski definition) is 11. The number of rotatable bonds is 9. The minimum Gasteiger partial charge on any atom is -0.457 e. The van der Waals surface area contributed by atoms with E-state index in [0.29, 0.717) is 19.3 Å². The number of fused-ring (bicyclic) bond motifs is 5. The highest BCUT2D eigenvalue weighted by Gasteiger charge is 2.70. The van der Waals surface area contributed by atoms with Crippen molar-refractivity contribution in [3.63, 3.8) is 0 Å². The molecule has 3 saturated carbocycles. The van der Waals surface area contributed by atoms with E-state index in [1.54, 1.807) is 19.1 Å². The van der Waals surface area contributed by atoms with Crippen LogP contribution in [0.25, 0.3) is 0 Å². The molecule has 0 radical (unpaired) electrons. The van der Waals surface area contributed by atoms with Crippen LogP contribution in [0.5, 0.6) is 0 Å². The van der Waals surface area contributed by atoms with Crippen LogP contribution in [0.3, 0.4) is 0 Å². The minimum absolute atomic E-state index is 0.0129. The molecule has 12 nitrogen and oxygen atoms in total. The Balaban J connectivity index is 1.61. The molecule has 4 rings (SSSR count). The molecule has 0 aromatic rings. The van der Waals surface area contributed by atoms with Gasteiger partial charge in [-0.3, -0.25) is 14.4 Å². The van der Waals surface area contributed by atoms with Crippen molar-refractivity contribution in [3.8, 4) is 0 Å². The van der Waals surface area contributed by atoms with Crippen molar-refractivity contribution >= 4 is 23.7 Å². The molecule has 12 heteroatoms. The van der Waals surface area contributed by atoms with Gasteiger partial charge in [-0.05, 0) is 63.0 Å². The van der Waals surface area contributed by atoms with Crippen molar-refractivity contribution in [1.29, 1.82) is 0 Å². The van der Waals surface area contributed by atoms with Crippen LogP contribution in [0.4, 0.5) is 4.79 Å². The lowest BCUT2D eigenvalue weighted by molar-refractivity contribution is -0.757. The van der Waals surface area contributed by atoms with Gasteiger partial charge >= 0.3 is 12.1 Å². The number of esters is 1. The van der Waals surface area contributed by atoms with Crippen LogP contribution < -0.4 is 0 Å². The smallest absolute Gasteiger partial charge is 0.457 e. The van der Waals surface area contributed by atoms with E-state index in [2.05, 4.69) is 4.84 Å². The van der Waals surface area contributed by atoms with Gasteiger partial charge in [0.25, 0.3) is 5.09 Å². The van der Waals surface area contributed by atoms with Gasteiger partial charge in [-0.2, -0.15) is 0 Å². The second-order valence-electron chi connectivity index (χ2n) is 11.3. The van der Waals surface area contributed by atoms with E-state index >= 15 is 0 Å². The first-order valence-corrected chi connectivity index (χ1v) is 13.3. The second-order valence-corrected chi connectivity index (χ2v) is 11.3. The minimum atomic E-state index is -1.71. The highest BCUT2D eigenvalue weighted by molar-refractivity contribution is 6.01. The number of ketones is 2. The lowest BCUT2D eigenvalue weighted by atomic mass is 9.46. The largest absolute Gasteiger partial charge is 0.509 e. The first-order valence-electron chi connectivity index (χ1n) is 13.3. The summed E-state index contributed by atoms with van der Waals surface area (Å²) >= 11 is 0. The second kappa shape index (κ2) is 10.7.